The number of halogens is 4. The van der Waals surface area contributed by atoms with Crippen LogP contribution in [0.25, 0.3) is 0 Å². The minimum Gasteiger partial charge on any atom is -0.350 e. The summed E-state index contributed by atoms with van der Waals surface area (Å²) in [6.45, 7) is 2.50. The molecular weight excluding hydrogens is 393 g/mol. The molecule has 1 saturated heterocycles. The van der Waals surface area contributed by atoms with Crippen LogP contribution in [-0.4, -0.2) is 34.0 Å². The van der Waals surface area contributed by atoms with E-state index >= 15 is 0 Å². The Hall–Kier alpha value is -1.19. The first kappa shape index (κ1) is 16.7. The maximum absolute atomic E-state index is 12.7. The van der Waals surface area contributed by atoms with Crippen LogP contribution in [-0.2, 0) is 12.7 Å². The average molecular weight is 407 g/mol. The van der Waals surface area contributed by atoms with E-state index in [2.05, 4.69) is 42.2 Å². The zero-order chi connectivity index (χ0) is 16.4. The van der Waals surface area contributed by atoms with E-state index < -0.39 is 11.9 Å². The third-order valence-electron chi connectivity index (χ3n) is 3.55. The normalized spacial score (nSPS) is 19.2. The number of alkyl halides is 3. The molecule has 4 nitrogen and oxygen atoms in total. The lowest BCUT2D eigenvalue weighted by Gasteiger charge is -2.16. The fourth-order valence-electron chi connectivity index (χ4n) is 2.52. The van der Waals surface area contributed by atoms with Crippen molar-refractivity contribution in [2.45, 2.75) is 25.2 Å². The lowest BCUT2D eigenvalue weighted by Crippen LogP contribution is -2.26. The first-order chi connectivity index (χ1) is 10.9. The summed E-state index contributed by atoms with van der Waals surface area (Å²) in [4.78, 5) is 11.0. The molecule has 23 heavy (non-hydrogen) atoms. The number of nitrogens with one attached hydrogen (secondary N) is 1. The highest BCUT2D eigenvalue weighted by Crippen LogP contribution is 2.28. The molecule has 3 rings (SSSR count). The van der Waals surface area contributed by atoms with Crippen molar-refractivity contribution in [1.29, 1.82) is 0 Å². The van der Waals surface area contributed by atoms with Crippen molar-refractivity contribution < 1.29 is 13.2 Å². The molecule has 9 heteroatoms. The second-order valence-electron chi connectivity index (χ2n) is 5.36. The van der Waals surface area contributed by atoms with Gasteiger partial charge in [-0.1, -0.05) is 0 Å². The van der Waals surface area contributed by atoms with Gasteiger partial charge >= 0.3 is 6.18 Å². The summed E-state index contributed by atoms with van der Waals surface area (Å²) in [7, 11) is 0. The van der Waals surface area contributed by atoms with Crippen molar-refractivity contribution in [3.63, 3.8) is 0 Å². The number of aromatic nitrogens is 2. The van der Waals surface area contributed by atoms with Crippen molar-refractivity contribution in [3.8, 4) is 0 Å². The highest BCUT2D eigenvalue weighted by atomic mass is 79.9. The fourth-order valence-corrected chi connectivity index (χ4v) is 4.01. The molecule has 0 saturated carbocycles. The van der Waals surface area contributed by atoms with Crippen LogP contribution in [0.4, 0.5) is 19.1 Å². The van der Waals surface area contributed by atoms with E-state index in [1.165, 1.54) is 4.88 Å². The van der Waals surface area contributed by atoms with E-state index in [0.29, 0.717) is 0 Å². The average Bonchev–Trinajstić information content (AvgIpc) is 3.08. The molecule has 0 amide bonds. The summed E-state index contributed by atoms with van der Waals surface area (Å²) in [5, 5.41) is 5.04. The predicted octanol–water partition coefficient (Wildman–Crippen LogP) is 4.01. The number of nitrogens with zero attached hydrogens (tertiary/aromatic N) is 3. The van der Waals surface area contributed by atoms with Gasteiger partial charge in [-0.05, 0) is 34.5 Å². The quantitative estimate of drug-likeness (QED) is 0.832. The maximum atomic E-state index is 12.7. The first-order valence-corrected chi connectivity index (χ1v) is 8.69. The molecular formula is C14H14BrF3N4S. The third kappa shape index (κ3) is 4.42. The van der Waals surface area contributed by atoms with Gasteiger partial charge in [0.25, 0.3) is 0 Å². The Labute approximate surface area is 143 Å². The van der Waals surface area contributed by atoms with Gasteiger partial charge in [0.1, 0.15) is 5.69 Å². The molecule has 0 radical (unpaired) electrons. The largest absolute Gasteiger partial charge is 0.433 e. The van der Waals surface area contributed by atoms with Crippen LogP contribution in [0.3, 0.4) is 0 Å². The number of anilines is 1. The van der Waals surface area contributed by atoms with Crippen LogP contribution < -0.4 is 5.32 Å². The molecule has 0 aliphatic carbocycles. The molecule has 1 fully saturated rings. The molecule has 0 aromatic carbocycles. The summed E-state index contributed by atoms with van der Waals surface area (Å²) in [6, 6.07) is 3.02. The molecule has 1 N–H and O–H groups in total. The summed E-state index contributed by atoms with van der Waals surface area (Å²) < 4.78 is 39.0. The number of likely N-dealkylation sites (tertiary alicyclic amines) is 1. The lowest BCUT2D eigenvalue weighted by atomic mass is 10.3. The molecule has 1 unspecified atom stereocenters. The Morgan fingerprint density at radius 3 is 2.96 bits per heavy atom. The number of rotatable bonds is 4. The Kier molecular flexibility index (Phi) is 4.88. The minimum absolute atomic E-state index is 0.0329. The van der Waals surface area contributed by atoms with E-state index in [1.807, 2.05) is 5.38 Å². The van der Waals surface area contributed by atoms with Crippen LogP contribution in [0.2, 0.25) is 0 Å². The standard InChI is InChI=1S/C14H14BrF3N4S/c15-9-5-11(23-8-9)7-22-4-2-10(6-22)20-13-19-3-1-12(21-13)14(16,17)18/h1,3,5,8,10H,2,4,6-7H2,(H,19,20,21). The lowest BCUT2D eigenvalue weighted by molar-refractivity contribution is -0.141. The van der Waals surface area contributed by atoms with Crippen molar-refractivity contribution in [3.05, 3.63) is 38.8 Å². The van der Waals surface area contributed by atoms with Gasteiger partial charge in [0.15, 0.2) is 0 Å². The Morgan fingerprint density at radius 1 is 1.43 bits per heavy atom. The Bertz CT molecular complexity index is 676. The number of hydrogen-bond acceptors (Lipinski definition) is 5. The van der Waals surface area contributed by atoms with Gasteiger partial charge in [-0.3, -0.25) is 4.90 Å². The smallest absolute Gasteiger partial charge is 0.350 e. The Balaban J connectivity index is 1.57. The molecule has 1 aliphatic rings. The molecule has 1 aliphatic heterocycles. The minimum atomic E-state index is -4.45. The fraction of sp³-hybridized carbons (Fsp3) is 0.429. The van der Waals surface area contributed by atoms with E-state index in [0.717, 1.165) is 42.8 Å². The Morgan fingerprint density at radius 2 is 2.26 bits per heavy atom. The highest BCUT2D eigenvalue weighted by molar-refractivity contribution is 9.10. The topological polar surface area (TPSA) is 41.1 Å². The van der Waals surface area contributed by atoms with Crippen LogP contribution >= 0.6 is 27.3 Å². The molecule has 124 valence electrons. The molecule has 0 spiro atoms. The van der Waals surface area contributed by atoms with Crippen LogP contribution in [0.1, 0.15) is 17.0 Å². The van der Waals surface area contributed by atoms with Crippen LogP contribution in [0.15, 0.2) is 28.2 Å². The van der Waals surface area contributed by atoms with Crippen molar-refractivity contribution in [2.75, 3.05) is 18.4 Å². The molecule has 0 bridgehead atoms. The number of thiophene rings is 1. The van der Waals surface area contributed by atoms with Crippen molar-refractivity contribution in [2.24, 2.45) is 0 Å². The summed E-state index contributed by atoms with van der Waals surface area (Å²) in [6.07, 6.45) is -2.46. The van der Waals surface area contributed by atoms with E-state index in [4.69, 9.17) is 0 Å². The van der Waals surface area contributed by atoms with Crippen LogP contribution in [0, 0.1) is 0 Å². The van der Waals surface area contributed by atoms with Gasteiger partial charge in [-0.15, -0.1) is 11.3 Å². The zero-order valence-electron chi connectivity index (χ0n) is 12.0. The molecule has 1 atom stereocenters. The van der Waals surface area contributed by atoms with Gasteiger partial charge in [-0.25, -0.2) is 9.97 Å². The second kappa shape index (κ2) is 6.74. The monoisotopic (exact) mass is 406 g/mol. The molecule has 3 heterocycles. The summed E-state index contributed by atoms with van der Waals surface area (Å²) in [5.41, 5.74) is -0.923. The van der Waals surface area contributed by atoms with Crippen molar-refractivity contribution in [1.82, 2.24) is 14.9 Å². The third-order valence-corrected chi connectivity index (χ3v) is 5.24. The molecule has 2 aromatic rings. The van der Waals surface area contributed by atoms with Gasteiger partial charge in [0.05, 0.1) is 0 Å². The molecule has 2 aromatic heterocycles. The summed E-state index contributed by atoms with van der Waals surface area (Å²) >= 11 is 5.12. The second-order valence-corrected chi connectivity index (χ2v) is 7.27. The SMILES string of the molecule is FC(F)(F)c1ccnc(NC2CCN(Cc3cc(Br)cs3)C2)n1. The van der Waals surface area contributed by atoms with Gasteiger partial charge in [0.2, 0.25) is 5.95 Å². The van der Waals surface area contributed by atoms with E-state index in [9.17, 15) is 13.2 Å². The zero-order valence-corrected chi connectivity index (χ0v) is 14.4. The van der Waals surface area contributed by atoms with Gasteiger partial charge < -0.3 is 5.32 Å². The maximum Gasteiger partial charge on any atom is 0.433 e. The van der Waals surface area contributed by atoms with Gasteiger partial charge in [0, 0.05) is 46.6 Å². The van der Waals surface area contributed by atoms with Gasteiger partial charge in [-0.2, -0.15) is 13.2 Å². The van der Waals surface area contributed by atoms with Crippen molar-refractivity contribution >= 4 is 33.2 Å². The first-order valence-electron chi connectivity index (χ1n) is 7.02. The van der Waals surface area contributed by atoms with E-state index in [1.54, 1.807) is 11.3 Å². The van der Waals surface area contributed by atoms with Crippen LogP contribution in [0.5, 0.6) is 0 Å². The predicted molar refractivity (Wildman–Crippen MR) is 86.4 cm³/mol. The van der Waals surface area contributed by atoms with E-state index in [-0.39, 0.29) is 12.0 Å². The number of hydrogen-bond donors (Lipinski definition) is 1. The highest BCUT2D eigenvalue weighted by Gasteiger charge is 2.33. The summed E-state index contributed by atoms with van der Waals surface area (Å²) in [5.74, 6) is 0.0329.